The molecule has 0 bridgehead atoms. The van der Waals surface area contributed by atoms with E-state index in [2.05, 4.69) is 5.32 Å². The number of nitrogens with zero attached hydrogens (tertiary/aromatic N) is 1. The van der Waals surface area contributed by atoms with Gasteiger partial charge < -0.3 is 10.2 Å². The van der Waals surface area contributed by atoms with Gasteiger partial charge in [0, 0.05) is 18.8 Å². The highest BCUT2D eigenvalue weighted by Gasteiger charge is 2.17. The van der Waals surface area contributed by atoms with Crippen LogP contribution < -0.4 is 10.2 Å². The summed E-state index contributed by atoms with van der Waals surface area (Å²) in [6, 6.07) is 19.3. The van der Waals surface area contributed by atoms with Crippen molar-refractivity contribution < 1.29 is 9.59 Å². The fourth-order valence-corrected chi connectivity index (χ4v) is 2.40. The molecule has 2 aromatic rings. The Kier molecular flexibility index (Phi) is 6.36. The molecule has 0 saturated heterocycles. The summed E-state index contributed by atoms with van der Waals surface area (Å²) in [4.78, 5) is 25.8. The van der Waals surface area contributed by atoms with Crippen molar-refractivity contribution in [1.29, 1.82) is 0 Å². The SMILES string of the molecule is CCN(C(=O)CC(=O)NCCc1ccccc1)c1ccccc1. The van der Waals surface area contributed by atoms with Crippen LogP contribution in [-0.2, 0) is 16.0 Å². The van der Waals surface area contributed by atoms with Gasteiger partial charge in [-0.3, -0.25) is 9.59 Å². The smallest absolute Gasteiger partial charge is 0.236 e. The highest BCUT2D eigenvalue weighted by Crippen LogP contribution is 2.13. The Bertz CT molecular complexity index is 626. The van der Waals surface area contributed by atoms with E-state index < -0.39 is 0 Å². The molecular weight excluding hydrogens is 288 g/mol. The molecule has 0 radical (unpaired) electrons. The van der Waals surface area contributed by atoms with Crippen LogP contribution in [0.1, 0.15) is 18.9 Å². The van der Waals surface area contributed by atoms with Gasteiger partial charge in [0.25, 0.3) is 0 Å². The van der Waals surface area contributed by atoms with Gasteiger partial charge >= 0.3 is 0 Å². The number of rotatable bonds is 7. The lowest BCUT2D eigenvalue weighted by atomic mass is 10.1. The second-order valence-corrected chi connectivity index (χ2v) is 5.24. The second kappa shape index (κ2) is 8.73. The van der Waals surface area contributed by atoms with Gasteiger partial charge in [0.2, 0.25) is 11.8 Å². The Labute approximate surface area is 137 Å². The van der Waals surface area contributed by atoms with Gasteiger partial charge in [0.1, 0.15) is 6.42 Å². The number of amides is 2. The summed E-state index contributed by atoms with van der Waals surface area (Å²) < 4.78 is 0. The normalized spacial score (nSPS) is 10.1. The van der Waals surface area contributed by atoms with E-state index in [1.807, 2.05) is 67.6 Å². The Morgan fingerprint density at radius 3 is 2.17 bits per heavy atom. The monoisotopic (exact) mass is 310 g/mol. The summed E-state index contributed by atoms with van der Waals surface area (Å²) in [6.45, 7) is 2.98. The molecular formula is C19H22N2O2. The van der Waals surface area contributed by atoms with Crippen LogP contribution in [0.25, 0.3) is 0 Å². The number of carbonyl (C=O) groups is 2. The maximum absolute atomic E-state index is 12.3. The number of para-hydroxylation sites is 1. The molecule has 0 saturated carbocycles. The first-order valence-corrected chi connectivity index (χ1v) is 7.86. The quantitative estimate of drug-likeness (QED) is 0.800. The molecule has 2 aromatic carbocycles. The van der Waals surface area contributed by atoms with Gasteiger partial charge in [0.15, 0.2) is 0 Å². The van der Waals surface area contributed by atoms with Crippen molar-refractivity contribution in [3.05, 3.63) is 66.2 Å². The summed E-state index contributed by atoms with van der Waals surface area (Å²) in [7, 11) is 0. The molecule has 0 spiro atoms. The number of hydrogen-bond donors (Lipinski definition) is 1. The minimum Gasteiger partial charge on any atom is -0.355 e. The van der Waals surface area contributed by atoms with Crippen molar-refractivity contribution in [3.63, 3.8) is 0 Å². The van der Waals surface area contributed by atoms with Crippen LogP contribution in [0.15, 0.2) is 60.7 Å². The Morgan fingerprint density at radius 1 is 0.957 bits per heavy atom. The van der Waals surface area contributed by atoms with E-state index in [4.69, 9.17) is 0 Å². The van der Waals surface area contributed by atoms with Crippen molar-refractivity contribution in [1.82, 2.24) is 5.32 Å². The van der Waals surface area contributed by atoms with E-state index in [1.165, 1.54) is 5.56 Å². The van der Waals surface area contributed by atoms with E-state index in [9.17, 15) is 9.59 Å². The van der Waals surface area contributed by atoms with Crippen LogP contribution in [0.5, 0.6) is 0 Å². The molecule has 2 rings (SSSR count). The summed E-state index contributed by atoms with van der Waals surface area (Å²) in [5, 5.41) is 2.81. The third-order valence-corrected chi connectivity index (χ3v) is 3.58. The molecule has 0 heterocycles. The predicted octanol–water partition coefficient (Wildman–Crippen LogP) is 2.79. The van der Waals surface area contributed by atoms with Crippen LogP contribution in [-0.4, -0.2) is 24.9 Å². The third-order valence-electron chi connectivity index (χ3n) is 3.58. The summed E-state index contributed by atoms with van der Waals surface area (Å²) in [5.41, 5.74) is 1.98. The maximum Gasteiger partial charge on any atom is 0.236 e. The van der Waals surface area contributed by atoms with Crippen LogP contribution in [0, 0.1) is 0 Å². The molecule has 23 heavy (non-hydrogen) atoms. The molecule has 120 valence electrons. The van der Waals surface area contributed by atoms with Gasteiger partial charge in [-0.2, -0.15) is 0 Å². The van der Waals surface area contributed by atoms with Crippen LogP contribution in [0.4, 0.5) is 5.69 Å². The molecule has 0 aliphatic rings. The van der Waals surface area contributed by atoms with Crippen molar-refractivity contribution in [3.8, 4) is 0 Å². The van der Waals surface area contributed by atoms with Gasteiger partial charge in [-0.15, -0.1) is 0 Å². The molecule has 0 aliphatic heterocycles. The van der Waals surface area contributed by atoms with Gasteiger partial charge in [-0.05, 0) is 31.0 Å². The number of benzene rings is 2. The third kappa shape index (κ3) is 5.25. The number of hydrogen-bond acceptors (Lipinski definition) is 2. The number of nitrogens with one attached hydrogen (secondary N) is 1. The maximum atomic E-state index is 12.3. The average molecular weight is 310 g/mol. The van der Waals surface area contributed by atoms with Crippen LogP contribution in [0.2, 0.25) is 0 Å². The fraction of sp³-hybridized carbons (Fsp3) is 0.263. The van der Waals surface area contributed by atoms with Gasteiger partial charge in [0.05, 0.1) is 0 Å². The van der Waals surface area contributed by atoms with Crippen molar-refractivity contribution in [2.75, 3.05) is 18.0 Å². The van der Waals surface area contributed by atoms with E-state index in [0.717, 1.165) is 12.1 Å². The predicted molar refractivity (Wildman–Crippen MR) is 92.2 cm³/mol. The topological polar surface area (TPSA) is 49.4 Å². The molecule has 0 aromatic heterocycles. The molecule has 0 unspecified atom stereocenters. The van der Waals surface area contributed by atoms with Gasteiger partial charge in [-0.1, -0.05) is 48.5 Å². The van der Waals surface area contributed by atoms with E-state index in [-0.39, 0.29) is 18.2 Å². The Hall–Kier alpha value is -2.62. The van der Waals surface area contributed by atoms with E-state index in [1.54, 1.807) is 4.90 Å². The minimum absolute atomic E-state index is 0.127. The zero-order valence-corrected chi connectivity index (χ0v) is 13.4. The standard InChI is InChI=1S/C19H22N2O2/c1-2-21(17-11-7-4-8-12-17)19(23)15-18(22)20-14-13-16-9-5-3-6-10-16/h3-12H,2,13-15H2,1H3,(H,20,22). The zero-order valence-electron chi connectivity index (χ0n) is 13.4. The lowest BCUT2D eigenvalue weighted by molar-refractivity contribution is -0.127. The molecule has 0 fully saturated rings. The van der Waals surface area contributed by atoms with E-state index >= 15 is 0 Å². The first-order chi connectivity index (χ1) is 11.2. The van der Waals surface area contributed by atoms with Crippen LogP contribution in [0.3, 0.4) is 0 Å². The zero-order chi connectivity index (χ0) is 16.5. The van der Waals surface area contributed by atoms with E-state index in [0.29, 0.717) is 13.1 Å². The Balaban J connectivity index is 1.81. The van der Waals surface area contributed by atoms with Crippen molar-refractivity contribution in [2.24, 2.45) is 0 Å². The molecule has 4 heteroatoms. The van der Waals surface area contributed by atoms with Crippen LogP contribution >= 0.6 is 0 Å². The first kappa shape index (κ1) is 16.7. The van der Waals surface area contributed by atoms with Crippen molar-refractivity contribution in [2.45, 2.75) is 19.8 Å². The summed E-state index contributed by atoms with van der Waals surface area (Å²) in [5.74, 6) is -0.420. The fourth-order valence-electron chi connectivity index (χ4n) is 2.40. The first-order valence-electron chi connectivity index (χ1n) is 7.86. The summed E-state index contributed by atoms with van der Waals surface area (Å²) in [6.07, 6.45) is 0.633. The Morgan fingerprint density at radius 2 is 1.57 bits per heavy atom. The highest BCUT2D eigenvalue weighted by atomic mass is 16.2. The molecule has 0 aliphatic carbocycles. The number of anilines is 1. The molecule has 1 N–H and O–H groups in total. The summed E-state index contributed by atoms with van der Waals surface area (Å²) >= 11 is 0. The number of carbonyl (C=O) groups excluding carboxylic acids is 2. The average Bonchev–Trinajstić information content (AvgIpc) is 2.57. The molecule has 0 atom stereocenters. The second-order valence-electron chi connectivity index (χ2n) is 5.24. The lowest BCUT2D eigenvalue weighted by Crippen LogP contribution is -2.36. The minimum atomic E-state index is -0.236. The molecule has 2 amide bonds. The molecule has 4 nitrogen and oxygen atoms in total. The van der Waals surface area contributed by atoms with Gasteiger partial charge in [-0.25, -0.2) is 0 Å². The largest absolute Gasteiger partial charge is 0.355 e. The lowest BCUT2D eigenvalue weighted by Gasteiger charge is -2.20. The van der Waals surface area contributed by atoms with Crippen molar-refractivity contribution >= 4 is 17.5 Å². The highest BCUT2D eigenvalue weighted by molar-refractivity contribution is 6.04.